The highest BCUT2D eigenvalue weighted by molar-refractivity contribution is 5.81. The van der Waals surface area contributed by atoms with Gasteiger partial charge in [0.1, 0.15) is 0 Å². The molecule has 1 fully saturated rings. The third-order valence-corrected chi connectivity index (χ3v) is 2.86. The van der Waals surface area contributed by atoms with Gasteiger partial charge in [-0.2, -0.15) is 0 Å². The maximum absolute atomic E-state index is 11.7. The average molecular weight is 213 g/mol. The minimum absolute atomic E-state index is 0.0102. The van der Waals surface area contributed by atoms with E-state index in [4.69, 9.17) is 5.73 Å². The minimum Gasteiger partial charge on any atom is -0.355 e. The van der Waals surface area contributed by atoms with Gasteiger partial charge in [0.15, 0.2) is 0 Å². The molecule has 4 heteroatoms. The van der Waals surface area contributed by atoms with Crippen molar-refractivity contribution >= 4 is 5.91 Å². The number of nitrogens with zero attached hydrogens (tertiary/aromatic N) is 1. The van der Waals surface area contributed by atoms with Crippen molar-refractivity contribution in [1.29, 1.82) is 0 Å². The van der Waals surface area contributed by atoms with Gasteiger partial charge in [-0.25, -0.2) is 0 Å². The van der Waals surface area contributed by atoms with Crippen LogP contribution in [0.2, 0.25) is 0 Å². The Morgan fingerprint density at radius 3 is 2.73 bits per heavy atom. The Morgan fingerprint density at radius 2 is 2.27 bits per heavy atom. The summed E-state index contributed by atoms with van der Waals surface area (Å²) in [5.74, 6) is 0.140. The highest BCUT2D eigenvalue weighted by Gasteiger charge is 2.34. The maximum atomic E-state index is 11.7. The van der Waals surface area contributed by atoms with E-state index >= 15 is 0 Å². The molecule has 0 spiro atoms. The summed E-state index contributed by atoms with van der Waals surface area (Å²) in [5, 5.41) is 2.87. The normalized spacial score (nSPS) is 17.9. The second kappa shape index (κ2) is 6.08. The molecule has 1 rings (SSSR count). The van der Waals surface area contributed by atoms with E-state index in [2.05, 4.69) is 10.2 Å². The van der Waals surface area contributed by atoms with Crippen LogP contribution >= 0.6 is 0 Å². The van der Waals surface area contributed by atoms with Gasteiger partial charge in [0.05, 0.1) is 6.04 Å². The molecule has 1 aliphatic rings. The Kier molecular flexibility index (Phi) is 5.05. The van der Waals surface area contributed by atoms with Gasteiger partial charge in [0.25, 0.3) is 0 Å². The van der Waals surface area contributed by atoms with Crippen LogP contribution in [0.4, 0.5) is 0 Å². The molecule has 1 atom stereocenters. The Bertz CT molecular complexity index is 204. The van der Waals surface area contributed by atoms with E-state index in [0.29, 0.717) is 19.1 Å². The molecule has 0 aliphatic heterocycles. The lowest BCUT2D eigenvalue weighted by Crippen LogP contribution is -2.46. The summed E-state index contributed by atoms with van der Waals surface area (Å²) in [6, 6.07) is 0.609. The lowest BCUT2D eigenvalue weighted by molar-refractivity contribution is -0.126. The summed E-state index contributed by atoms with van der Waals surface area (Å²) in [7, 11) is 0. The van der Waals surface area contributed by atoms with Gasteiger partial charge in [0, 0.05) is 19.1 Å². The predicted molar refractivity (Wildman–Crippen MR) is 61.5 cm³/mol. The van der Waals surface area contributed by atoms with Crippen molar-refractivity contribution in [1.82, 2.24) is 10.2 Å². The van der Waals surface area contributed by atoms with Crippen molar-refractivity contribution in [3.05, 3.63) is 0 Å². The molecular weight excluding hydrogens is 190 g/mol. The maximum Gasteiger partial charge on any atom is 0.237 e. The lowest BCUT2D eigenvalue weighted by Gasteiger charge is -2.27. The van der Waals surface area contributed by atoms with Gasteiger partial charge in [0.2, 0.25) is 5.91 Å². The van der Waals surface area contributed by atoms with Crippen LogP contribution < -0.4 is 11.1 Å². The molecule has 0 aromatic rings. The zero-order valence-corrected chi connectivity index (χ0v) is 9.83. The number of rotatable bonds is 7. The standard InChI is InChI=1S/C11H23N3O/c1-3-13-11(15)9(2)14(8-4-7-12)10-5-6-10/h9-10H,3-8,12H2,1-2H3,(H,13,15). The van der Waals surface area contributed by atoms with E-state index in [1.165, 1.54) is 12.8 Å². The third kappa shape index (κ3) is 3.80. The summed E-state index contributed by atoms with van der Waals surface area (Å²) in [6.07, 6.45) is 3.43. The molecule has 1 saturated carbocycles. The summed E-state index contributed by atoms with van der Waals surface area (Å²) >= 11 is 0. The Labute approximate surface area is 92.2 Å². The van der Waals surface area contributed by atoms with Crippen LogP contribution in [-0.4, -0.2) is 42.5 Å². The fourth-order valence-corrected chi connectivity index (χ4v) is 1.85. The first-order valence-electron chi connectivity index (χ1n) is 5.94. The molecule has 4 nitrogen and oxygen atoms in total. The third-order valence-electron chi connectivity index (χ3n) is 2.86. The van der Waals surface area contributed by atoms with Gasteiger partial charge < -0.3 is 11.1 Å². The summed E-state index contributed by atoms with van der Waals surface area (Å²) in [5.41, 5.74) is 5.51. The predicted octanol–water partition coefficient (Wildman–Crippen LogP) is 0.324. The molecule has 0 bridgehead atoms. The zero-order chi connectivity index (χ0) is 11.3. The second-order valence-electron chi connectivity index (χ2n) is 4.18. The molecule has 0 heterocycles. The number of carbonyl (C=O) groups is 1. The van der Waals surface area contributed by atoms with Crippen molar-refractivity contribution in [3.8, 4) is 0 Å². The van der Waals surface area contributed by atoms with Crippen LogP contribution in [0, 0.1) is 0 Å². The van der Waals surface area contributed by atoms with Crippen LogP contribution in [0.15, 0.2) is 0 Å². The summed E-state index contributed by atoms with van der Waals surface area (Å²) in [6.45, 7) is 6.29. The molecule has 0 radical (unpaired) electrons. The van der Waals surface area contributed by atoms with E-state index < -0.39 is 0 Å². The van der Waals surface area contributed by atoms with E-state index in [9.17, 15) is 4.79 Å². The monoisotopic (exact) mass is 213 g/mol. The number of nitrogens with one attached hydrogen (secondary N) is 1. The average Bonchev–Trinajstić information content (AvgIpc) is 3.02. The van der Waals surface area contributed by atoms with Gasteiger partial charge in [-0.1, -0.05) is 0 Å². The fraction of sp³-hybridized carbons (Fsp3) is 0.909. The molecule has 3 N–H and O–H groups in total. The van der Waals surface area contributed by atoms with Gasteiger partial charge in [-0.3, -0.25) is 9.69 Å². The SMILES string of the molecule is CCNC(=O)C(C)N(CCCN)C1CC1. The van der Waals surface area contributed by atoms with Gasteiger partial charge in [-0.15, -0.1) is 0 Å². The first-order valence-corrected chi connectivity index (χ1v) is 5.94. The van der Waals surface area contributed by atoms with Crippen LogP contribution in [-0.2, 0) is 4.79 Å². The number of nitrogens with two attached hydrogens (primary N) is 1. The van der Waals surface area contributed by atoms with E-state index in [-0.39, 0.29) is 11.9 Å². The number of hydrogen-bond donors (Lipinski definition) is 2. The van der Waals surface area contributed by atoms with Crippen LogP contribution in [0.25, 0.3) is 0 Å². The molecular formula is C11H23N3O. The molecule has 1 aliphatic carbocycles. The van der Waals surface area contributed by atoms with Crippen molar-refractivity contribution in [3.63, 3.8) is 0 Å². The number of amides is 1. The van der Waals surface area contributed by atoms with Crippen molar-refractivity contribution in [2.24, 2.45) is 5.73 Å². The van der Waals surface area contributed by atoms with Gasteiger partial charge in [-0.05, 0) is 39.7 Å². The topological polar surface area (TPSA) is 58.4 Å². The largest absolute Gasteiger partial charge is 0.355 e. The first-order chi connectivity index (χ1) is 7.20. The molecule has 0 saturated heterocycles. The molecule has 0 aromatic carbocycles. The summed E-state index contributed by atoms with van der Waals surface area (Å²) < 4.78 is 0. The van der Waals surface area contributed by atoms with Crippen LogP contribution in [0.5, 0.6) is 0 Å². The molecule has 0 aromatic heterocycles. The zero-order valence-electron chi connectivity index (χ0n) is 9.83. The van der Waals surface area contributed by atoms with Crippen molar-refractivity contribution in [2.45, 2.75) is 45.2 Å². The molecule has 88 valence electrons. The smallest absolute Gasteiger partial charge is 0.237 e. The van der Waals surface area contributed by atoms with Gasteiger partial charge >= 0.3 is 0 Å². The molecule has 1 amide bonds. The van der Waals surface area contributed by atoms with Crippen molar-refractivity contribution < 1.29 is 4.79 Å². The highest BCUT2D eigenvalue weighted by Crippen LogP contribution is 2.28. The highest BCUT2D eigenvalue weighted by atomic mass is 16.2. The van der Waals surface area contributed by atoms with Crippen molar-refractivity contribution in [2.75, 3.05) is 19.6 Å². The first kappa shape index (κ1) is 12.5. The molecule has 15 heavy (non-hydrogen) atoms. The number of carbonyl (C=O) groups excluding carboxylic acids is 1. The molecule has 1 unspecified atom stereocenters. The quantitative estimate of drug-likeness (QED) is 0.640. The number of hydrogen-bond acceptors (Lipinski definition) is 3. The second-order valence-corrected chi connectivity index (χ2v) is 4.18. The van der Waals surface area contributed by atoms with E-state index in [1.807, 2.05) is 13.8 Å². The Hall–Kier alpha value is -0.610. The van der Waals surface area contributed by atoms with E-state index in [1.54, 1.807) is 0 Å². The van der Waals surface area contributed by atoms with Crippen LogP contribution in [0.1, 0.15) is 33.1 Å². The fourth-order valence-electron chi connectivity index (χ4n) is 1.85. The number of likely N-dealkylation sites (N-methyl/N-ethyl adjacent to an activating group) is 1. The Balaban J connectivity index is 2.42. The Morgan fingerprint density at radius 1 is 1.60 bits per heavy atom. The van der Waals surface area contributed by atoms with E-state index in [0.717, 1.165) is 13.0 Å². The minimum atomic E-state index is -0.0102. The lowest BCUT2D eigenvalue weighted by atomic mass is 10.2. The van der Waals surface area contributed by atoms with Crippen LogP contribution in [0.3, 0.4) is 0 Å². The summed E-state index contributed by atoms with van der Waals surface area (Å²) in [4.78, 5) is 14.0.